The lowest BCUT2D eigenvalue weighted by Crippen LogP contribution is -2.19. The van der Waals surface area contributed by atoms with Crippen LogP contribution in [0.5, 0.6) is 0 Å². The van der Waals surface area contributed by atoms with Gasteiger partial charge in [0.2, 0.25) is 11.8 Å². The van der Waals surface area contributed by atoms with Gasteiger partial charge in [0.15, 0.2) is 0 Å². The molecule has 26 heavy (non-hydrogen) atoms. The number of pyridine rings is 1. The maximum Gasteiger partial charge on any atom is 0.257 e. The highest BCUT2D eigenvalue weighted by Gasteiger charge is 2.29. The first-order valence-corrected chi connectivity index (χ1v) is 8.62. The molecule has 0 aliphatic heterocycles. The molecule has 6 heteroatoms. The molecular weight excluding hydrogens is 328 g/mol. The van der Waals surface area contributed by atoms with Crippen LogP contribution < -0.4 is 0 Å². The maximum absolute atomic E-state index is 6.00. The Balaban J connectivity index is 1.74. The van der Waals surface area contributed by atoms with Gasteiger partial charge in [-0.2, -0.15) is 0 Å². The second-order valence-electron chi connectivity index (χ2n) is 7.20. The standard InChI is InChI=1S/C20H20N4O2/c1-12(2)16-15-10-13(11-21-18(15)26-24-16)17-22-23-19(25-17)20(3,4)14-8-6-5-7-9-14/h5-12H,1-4H3. The first-order chi connectivity index (χ1) is 12.5. The predicted octanol–water partition coefficient (Wildman–Crippen LogP) is 4.72. The van der Waals surface area contributed by atoms with Gasteiger partial charge in [0.05, 0.1) is 22.1 Å². The van der Waals surface area contributed by atoms with Gasteiger partial charge in [-0.15, -0.1) is 10.2 Å². The third kappa shape index (κ3) is 2.67. The zero-order chi connectivity index (χ0) is 18.3. The summed E-state index contributed by atoms with van der Waals surface area (Å²) in [5.41, 5.74) is 2.88. The summed E-state index contributed by atoms with van der Waals surface area (Å²) in [7, 11) is 0. The van der Waals surface area contributed by atoms with Crippen molar-refractivity contribution < 1.29 is 8.94 Å². The summed E-state index contributed by atoms with van der Waals surface area (Å²) in [4.78, 5) is 4.33. The number of hydrogen-bond acceptors (Lipinski definition) is 6. The highest BCUT2D eigenvalue weighted by molar-refractivity contribution is 5.80. The van der Waals surface area contributed by atoms with E-state index in [1.165, 1.54) is 0 Å². The monoisotopic (exact) mass is 348 g/mol. The summed E-state index contributed by atoms with van der Waals surface area (Å²) in [6.07, 6.45) is 1.67. The number of hydrogen-bond donors (Lipinski definition) is 0. The molecule has 6 nitrogen and oxygen atoms in total. The van der Waals surface area contributed by atoms with E-state index in [2.05, 4.69) is 60.2 Å². The fraction of sp³-hybridized carbons (Fsp3) is 0.300. The molecule has 0 N–H and O–H groups in total. The summed E-state index contributed by atoms with van der Waals surface area (Å²) in [6.45, 7) is 8.27. The van der Waals surface area contributed by atoms with Gasteiger partial charge in [0.1, 0.15) is 0 Å². The molecule has 0 unspecified atom stereocenters. The maximum atomic E-state index is 6.00. The first kappa shape index (κ1) is 16.4. The summed E-state index contributed by atoms with van der Waals surface area (Å²) < 4.78 is 11.3. The molecule has 3 heterocycles. The van der Waals surface area contributed by atoms with Crippen molar-refractivity contribution in [3.63, 3.8) is 0 Å². The van der Waals surface area contributed by atoms with Crippen molar-refractivity contribution in [2.24, 2.45) is 0 Å². The van der Waals surface area contributed by atoms with Crippen molar-refractivity contribution in [3.8, 4) is 11.5 Å². The molecule has 132 valence electrons. The molecule has 0 aliphatic carbocycles. The minimum Gasteiger partial charge on any atom is -0.420 e. The second-order valence-corrected chi connectivity index (χ2v) is 7.20. The van der Waals surface area contributed by atoms with Crippen LogP contribution in [0.1, 0.15) is 50.8 Å². The molecule has 0 amide bonds. The Morgan fingerprint density at radius 1 is 1.04 bits per heavy atom. The molecule has 0 saturated heterocycles. The van der Waals surface area contributed by atoms with Crippen LogP contribution in [0.15, 0.2) is 51.5 Å². The van der Waals surface area contributed by atoms with E-state index in [9.17, 15) is 0 Å². The molecule has 0 atom stereocenters. The van der Waals surface area contributed by atoms with Gasteiger partial charge in [0, 0.05) is 6.20 Å². The van der Waals surface area contributed by atoms with Crippen molar-refractivity contribution in [2.45, 2.75) is 39.0 Å². The Kier molecular flexibility index (Phi) is 3.83. The van der Waals surface area contributed by atoms with Crippen LogP contribution in [0.25, 0.3) is 22.6 Å². The Morgan fingerprint density at radius 3 is 2.54 bits per heavy atom. The normalized spacial score (nSPS) is 12.2. The zero-order valence-corrected chi connectivity index (χ0v) is 15.2. The highest BCUT2D eigenvalue weighted by Crippen LogP contribution is 2.33. The van der Waals surface area contributed by atoms with Crippen molar-refractivity contribution in [3.05, 3.63) is 59.7 Å². The SMILES string of the molecule is CC(C)c1noc2ncc(-c3nnc(C(C)(C)c4ccccc4)o3)cc12. The fourth-order valence-electron chi connectivity index (χ4n) is 2.95. The highest BCUT2D eigenvalue weighted by atomic mass is 16.5. The van der Waals surface area contributed by atoms with E-state index in [0.29, 0.717) is 17.5 Å². The minimum absolute atomic E-state index is 0.239. The molecule has 0 saturated carbocycles. The van der Waals surface area contributed by atoms with Crippen LogP contribution in [-0.4, -0.2) is 20.3 Å². The molecule has 0 aliphatic rings. The van der Waals surface area contributed by atoms with Crippen LogP contribution in [-0.2, 0) is 5.41 Å². The van der Waals surface area contributed by atoms with E-state index >= 15 is 0 Å². The fourth-order valence-corrected chi connectivity index (χ4v) is 2.95. The molecule has 0 spiro atoms. The van der Waals surface area contributed by atoms with Crippen molar-refractivity contribution in [2.75, 3.05) is 0 Å². The lowest BCUT2D eigenvalue weighted by molar-refractivity contribution is 0.420. The van der Waals surface area contributed by atoms with Crippen LogP contribution in [0.3, 0.4) is 0 Å². The van der Waals surface area contributed by atoms with Crippen LogP contribution in [0.2, 0.25) is 0 Å². The van der Waals surface area contributed by atoms with Crippen LogP contribution >= 0.6 is 0 Å². The number of nitrogens with zero attached hydrogens (tertiary/aromatic N) is 4. The van der Waals surface area contributed by atoms with E-state index in [0.717, 1.165) is 22.2 Å². The molecule has 1 aromatic carbocycles. The summed E-state index contributed by atoms with van der Waals surface area (Å²) in [5.74, 6) is 1.24. The van der Waals surface area contributed by atoms with E-state index in [1.807, 2.05) is 24.3 Å². The number of fused-ring (bicyclic) bond motifs is 1. The summed E-state index contributed by atoms with van der Waals surface area (Å²) in [5, 5.41) is 13.5. The van der Waals surface area contributed by atoms with E-state index in [4.69, 9.17) is 8.94 Å². The van der Waals surface area contributed by atoms with E-state index in [1.54, 1.807) is 6.20 Å². The number of rotatable bonds is 4. The summed E-state index contributed by atoms with van der Waals surface area (Å²) in [6, 6.07) is 12.1. The van der Waals surface area contributed by atoms with Gasteiger partial charge in [-0.3, -0.25) is 0 Å². The van der Waals surface area contributed by atoms with Gasteiger partial charge in [-0.05, 0) is 31.4 Å². The lowest BCUT2D eigenvalue weighted by Gasteiger charge is -2.20. The third-order valence-corrected chi connectivity index (χ3v) is 4.61. The topological polar surface area (TPSA) is 77.8 Å². The Hall–Kier alpha value is -3.02. The smallest absolute Gasteiger partial charge is 0.257 e. The molecule has 4 aromatic rings. The lowest BCUT2D eigenvalue weighted by atomic mass is 9.85. The van der Waals surface area contributed by atoms with Gasteiger partial charge in [-0.1, -0.05) is 49.3 Å². The molecule has 3 aromatic heterocycles. The quantitative estimate of drug-likeness (QED) is 0.531. The minimum atomic E-state index is -0.385. The molecule has 4 rings (SSSR count). The third-order valence-electron chi connectivity index (χ3n) is 4.61. The van der Waals surface area contributed by atoms with Gasteiger partial charge < -0.3 is 8.94 Å². The predicted molar refractivity (Wildman–Crippen MR) is 97.8 cm³/mol. The van der Waals surface area contributed by atoms with Gasteiger partial charge >= 0.3 is 0 Å². The van der Waals surface area contributed by atoms with E-state index in [-0.39, 0.29) is 11.3 Å². The molecule has 0 fully saturated rings. The number of aromatic nitrogens is 4. The average molecular weight is 348 g/mol. The van der Waals surface area contributed by atoms with Crippen LogP contribution in [0.4, 0.5) is 0 Å². The van der Waals surface area contributed by atoms with Crippen molar-refractivity contribution >= 4 is 11.1 Å². The van der Waals surface area contributed by atoms with E-state index < -0.39 is 0 Å². The largest absolute Gasteiger partial charge is 0.420 e. The zero-order valence-electron chi connectivity index (χ0n) is 15.2. The van der Waals surface area contributed by atoms with Crippen molar-refractivity contribution in [1.82, 2.24) is 20.3 Å². The second kappa shape index (κ2) is 6.05. The van der Waals surface area contributed by atoms with Crippen molar-refractivity contribution in [1.29, 1.82) is 0 Å². The average Bonchev–Trinajstić information content (AvgIpc) is 3.29. The molecule has 0 bridgehead atoms. The molecule has 0 radical (unpaired) electrons. The Bertz CT molecular complexity index is 1050. The van der Waals surface area contributed by atoms with Gasteiger partial charge in [0.25, 0.3) is 5.71 Å². The Morgan fingerprint density at radius 2 is 1.81 bits per heavy atom. The van der Waals surface area contributed by atoms with Gasteiger partial charge in [-0.25, -0.2) is 4.98 Å². The summed E-state index contributed by atoms with van der Waals surface area (Å²) >= 11 is 0. The first-order valence-electron chi connectivity index (χ1n) is 8.62. The number of benzene rings is 1. The Labute approximate surface area is 151 Å². The van der Waals surface area contributed by atoms with Crippen LogP contribution in [0, 0.1) is 0 Å². The molecular formula is C20H20N4O2.